The van der Waals surface area contributed by atoms with Gasteiger partial charge in [0.05, 0.1) is 12.7 Å². The highest BCUT2D eigenvalue weighted by atomic mass is 19.4. The topological polar surface area (TPSA) is 21.6 Å². The Morgan fingerprint density at radius 3 is 2.70 bits per heavy atom. The fraction of sp³-hybridized carbons (Fsp3) is 0.533. The van der Waals surface area contributed by atoms with Gasteiger partial charge in [-0.2, -0.15) is 13.2 Å². The van der Waals surface area contributed by atoms with Crippen LogP contribution in [0.25, 0.3) is 0 Å². The summed E-state index contributed by atoms with van der Waals surface area (Å²) in [6.07, 6.45) is -1.60. The number of ether oxygens (including phenoxy) is 1. The first-order valence-corrected chi connectivity index (χ1v) is 6.65. The zero-order valence-corrected chi connectivity index (χ0v) is 11.4. The van der Waals surface area contributed by atoms with E-state index in [-0.39, 0.29) is 23.0 Å². The molecule has 1 heterocycles. The molecule has 5 heteroatoms. The quantitative estimate of drug-likeness (QED) is 0.811. The third kappa shape index (κ3) is 1.83. The number of rotatable bonds is 2. The molecule has 0 N–H and O–H groups in total. The highest BCUT2D eigenvalue weighted by molar-refractivity contribution is 5.71. The Morgan fingerprint density at radius 2 is 2.10 bits per heavy atom. The van der Waals surface area contributed by atoms with Gasteiger partial charge >= 0.3 is 6.18 Å². The van der Waals surface area contributed by atoms with Crippen LogP contribution in [0.2, 0.25) is 0 Å². The van der Waals surface area contributed by atoms with E-state index in [9.17, 15) is 13.2 Å². The lowest BCUT2D eigenvalue weighted by Gasteiger charge is -2.27. The van der Waals surface area contributed by atoms with Crippen LogP contribution in [-0.4, -0.2) is 19.9 Å². The molecular weight excluding hydrogens is 267 g/mol. The average Bonchev–Trinajstić information content (AvgIpc) is 3.14. The van der Waals surface area contributed by atoms with E-state index in [4.69, 9.17) is 4.74 Å². The minimum atomic E-state index is -4.39. The molecule has 3 atom stereocenters. The number of benzene rings is 1. The van der Waals surface area contributed by atoms with Crippen LogP contribution in [0.1, 0.15) is 24.5 Å². The van der Waals surface area contributed by atoms with E-state index < -0.39 is 11.7 Å². The number of aliphatic imine (C=N–C) groups is 1. The van der Waals surface area contributed by atoms with Crippen LogP contribution in [0.5, 0.6) is 5.75 Å². The first-order chi connectivity index (χ1) is 9.39. The van der Waals surface area contributed by atoms with Gasteiger partial charge in [0.1, 0.15) is 5.75 Å². The Balaban J connectivity index is 2.07. The highest BCUT2D eigenvalue weighted by Crippen LogP contribution is 2.60. The van der Waals surface area contributed by atoms with Crippen molar-refractivity contribution in [3.05, 3.63) is 29.3 Å². The Kier molecular flexibility index (Phi) is 2.85. The SMILES string of the molecule is COc1ccc(C23CC2C=NC[C@@H]3C)cc1C(F)(F)F. The van der Waals surface area contributed by atoms with Gasteiger partial charge in [-0.3, -0.25) is 4.99 Å². The number of hydrogen-bond acceptors (Lipinski definition) is 2. The fourth-order valence-corrected chi connectivity index (χ4v) is 3.40. The molecule has 1 aromatic rings. The fourth-order valence-electron chi connectivity index (χ4n) is 3.40. The first-order valence-electron chi connectivity index (χ1n) is 6.65. The molecule has 20 heavy (non-hydrogen) atoms. The third-order valence-electron chi connectivity index (χ3n) is 4.65. The van der Waals surface area contributed by atoms with Crippen molar-refractivity contribution in [3.8, 4) is 5.75 Å². The van der Waals surface area contributed by atoms with Crippen LogP contribution in [0, 0.1) is 11.8 Å². The van der Waals surface area contributed by atoms with Gasteiger partial charge in [-0.05, 0) is 30.0 Å². The molecule has 1 aliphatic carbocycles. The molecule has 0 aromatic heterocycles. The maximum absolute atomic E-state index is 13.1. The molecular formula is C15H16F3NO. The van der Waals surface area contributed by atoms with Gasteiger partial charge in [-0.1, -0.05) is 13.0 Å². The summed E-state index contributed by atoms with van der Waals surface area (Å²) in [6, 6.07) is 4.46. The molecule has 1 fully saturated rings. The Bertz CT molecular complexity index is 567. The second kappa shape index (κ2) is 4.24. The smallest absolute Gasteiger partial charge is 0.419 e. The van der Waals surface area contributed by atoms with Gasteiger partial charge in [-0.25, -0.2) is 0 Å². The normalized spacial score (nSPS) is 31.9. The first kappa shape index (κ1) is 13.5. The number of nitrogens with zero attached hydrogens (tertiary/aromatic N) is 1. The summed E-state index contributed by atoms with van der Waals surface area (Å²) in [5.74, 6) is 0.430. The number of hydrogen-bond donors (Lipinski definition) is 0. The Hall–Kier alpha value is -1.52. The summed E-state index contributed by atoms with van der Waals surface area (Å²) in [6.45, 7) is 2.75. The molecule has 1 aromatic carbocycles. The van der Waals surface area contributed by atoms with Gasteiger partial charge in [0, 0.05) is 24.1 Å². The predicted octanol–water partition coefficient (Wildman–Crippen LogP) is 3.69. The summed E-state index contributed by atoms with van der Waals surface area (Å²) in [5.41, 5.74) is -0.0879. The molecule has 0 amide bonds. The van der Waals surface area contributed by atoms with Crippen molar-refractivity contribution in [1.29, 1.82) is 0 Å². The molecule has 2 aliphatic rings. The maximum Gasteiger partial charge on any atom is 0.419 e. The number of halogens is 3. The van der Waals surface area contributed by atoms with E-state index in [0.29, 0.717) is 6.54 Å². The van der Waals surface area contributed by atoms with Gasteiger partial charge in [-0.15, -0.1) is 0 Å². The molecule has 0 spiro atoms. The molecule has 2 unspecified atom stereocenters. The molecule has 1 saturated carbocycles. The summed E-state index contributed by atoms with van der Waals surface area (Å²) < 4.78 is 44.2. The number of fused-ring (bicyclic) bond motifs is 1. The maximum atomic E-state index is 13.1. The summed E-state index contributed by atoms with van der Waals surface area (Å²) in [5, 5.41) is 0. The van der Waals surface area contributed by atoms with Crippen molar-refractivity contribution < 1.29 is 17.9 Å². The average molecular weight is 283 g/mol. The molecule has 108 valence electrons. The van der Waals surface area contributed by atoms with Crippen molar-refractivity contribution in [2.45, 2.75) is 24.9 Å². The Morgan fingerprint density at radius 1 is 1.35 bits per heavy atom. The zero-order chi connectivity index (χ0) is 14.5. The van der Waals surface area contributed by atoms with Gasteiger partial charge < -0.3 is 4.74 Å². The van der Waals surface area contributed by atoms with Crippen LogP contribution < -0.4 is 4.74 Å². The second-order valence-electron chi connectivity index (χ2n) is 5.68. The summed E-state index contributed by atoms with van der Waals surface area (Å²) >= 11 is 0. The van der Waals surface area contributed by atoms with Crippen LogP contribution in [0.3, 0.4) is 0 Å². The van der Waals surface area contributed by atoms with Crippen molar-refractivity contribution in [3.63, 3.8) is 0 Å². The van der Waals surface area contributed by atoms with E-state index in [1.807, 2.05) is 6.21 Å². The zero-order valence-electron chi connectivity index (χ0n) is 11.4. The minimum absolute atomic E-state index is 0.119. The second-order valence-corrected chi connectivity index (χ2v) is 5.68. The molecule has 0 saturated heterocycles. The monoisotopic (exact) mass is 283 g/mol. The van der Waals surface area contributed by atoms with Gasteiger partial charge in [0.25, 0.3) is 0 Å². The minimum Gasteiger partial charge on any atom is -0.496 e. The molecule has 3 rings (SSSR count). The van der Waals surface area contributed by atoms with Gasteiger partial charge in [0.15, 0.2) is 0 Å². The third-order valence-corrected chi connectivity index (χ3v) is 4.65. The van der Waals surface area contributed by atoms with E-state index in [1.54, 1.807) is 6.07 Å². The standard InChI is InChI=1S/C15H16F3NO/c1-9-7-19-8-11-6-14(9,11)10-3-4-13(20-2)12(5-10)15(16,17)18/h3-5,8-9,11H,6-7H2,1-2H3/t9-,11?,14?/m0/s1. The summed E-state index contributed by atoms with van der Waals surface area (Å²) in [4.78, 5) is 4.28. The summed E-state index contributed by atoms with van der Waals surface area (Å²) in [7, 11) is 1.26. The molecule has 1 aliphatic heterocycles. The van der Waals surface area contributed by atoms with Crippen molar-refractivity contribution in [2.75, 3.05) is 13.7 Å². The van der Waals surface area contributed by atoms with Crippen LogP contribution >= 0.6 is 0 Å². The van der Waals surface area contributed by atoms with Crippen LogP contribution in [-0.2, 0) is 11.6 Å². The lowest BCUT2D eigenvalue weighted by atomic mass is 9.80. The van der Waals surface area contributed by atoms with Crippen LogP contribution in [0.4, 0.5) is 13.2 Å². The lowest BCUT2D eigenvalue weighted by molar-refractivity contribution is -0.138. The van der Waals surface area contributed by atoms with Crippen molar-refractivity contribution in [1.82, 2.24) is 0 Å². The van der Waals surface area contributed by atoms with Crippen LogP contribution in [0.15, 0.2) is 23.2 Å². The molecule has 0 radical (unpaired) electrons. The molecule has 2 nitrogen and oxygen atoms in total. The van der Waals surface area contributed by atoms with E-state index in [1.165, 1.54) is 19.2 Å². The lowest BCUT2D eigenvalue weighted by Crippen LogP contribution is -2.27. The van der Waals surface area contributed by atoms with Crippen molar-refractivity contribution >= 4 is 6.21 Å². The number of methoxy groups -OCH3 is 1. The largest absolute Gasteiger partial charge is 0.496 e. The van der Waals surface area contributed by atoms with E-state index >= 15 is 0 Å². The van der Waals surface area contributed by atoms with Gasteiger partial charge in [0.2, 0.25) is 0 Å². The highest BCUT2D eigenvalue weighted by Gasteiger charge is 2.59. The Labute approximate surface area is 115 Å². The van der Waals surface area contributed by atoms with E-state index in [0.717, 1.165) is 12.0 Å². The number of alkyl halides is 3. The van der Waals surface area contributed by atoms with Crippen molar-refractivity contribution in [2.24, 2.45) is 16.8 Å². The molecule has 0 bridgehead atoms. The van der Waals surface area contributed by atoms with E-state index in [2.05, 4.69) is 11.9 Å². The predicted molar refractivity (Wildman–Crippen MR) is 70.3 cm³/mol.